The van der Waals surface area contributed by atoms with E-state index in [1.165, 1.54) is 17.8 Å². The second kappa shape index (κ2) is 9.43. The van der Waals surface area contributed by atoms with E-state index >= 15 is 0 Å². The lowest BCUT2D eigenvalue weighted by molar-refractivity contribution is -0.113. The van der Waals surface area contributed by atoms with Gasteiger partial charge in [-0.15, -0.1) is 0 Å². The van der Waals surface area contributed by atoms with Crippen LogP contribution in [0.3, 0.4) is 0 Å². The number of thioether (sulfide) groups is 1. The van der Waals surface area contributed by atoms with E-state index in [9.17, 15) is 9.18 Å². The fourth-order valence-corrected chi connectivity index (χ4v) is 4.92. The minimum Gasteiger partial charge on any atom is -0.310 e. The Balaban J connectivity index is 1.11. The molecule has 10 heteroatoms. The highest BCUT2D eigenvalue weighted by Gasteiger charge is 2.22. The third-order valence-corrected chi connectivity index (χ3v) is 6.92. The highest BCUT2D eigenvalue weighted by molar-refractivity contribution is 8.00. The van der Waals surface area contributed by atoms with Crippen LogP contribution in [0.25, 0.3) is 11.0 Å². The van der Waals surface area contributed by atoms with Gasteiger partial charge in [-0.25, -0.2) is 14.4 Å². The molecule has 3 heterocycles. The number of aromatic nitrogens is 4. The molecule has 1 amide bonds. The SMILES string of the molecule is O=C1CSc2ncc(CNC3CCC(NCc4c(F)ccc5nccnc45)CC3)nc2N1. The standard InChI is InChI=1S/C22H24FN7OS/c23-17-5-6-18-20(25-8-7-24-18)16(17)11-27-14-3-1-13(2-4-14)26-9-15-10-28-22-21(29-15)30-19(31)12-32-22/h5-8,10,13-14,26-27H,1-4,9,11-12H2,(H,29,30,31). The highest BCUT2D eigenvalue weighted by Crippen LogP contribution is 2.27. The summed E-state index contributed by atoms with van der Waals surface area (Å²) >= 11 is 1.41. The number of fused-ring (bicyclic) bond motifs is 2. The zero-order valence-electron chi connectivity index (χ0n) is 17.5. The lowest BCUT2D eigenvalue weighted by Crippen LogP contribution is -2.39. The monoisotopic (exact) mass is 453 g/mol. The summed E-state index contributed by atoms with van der Waals surface area (Å²) in [4.78, 5) is 29.1. The fourth-order valence-electron chi connectivity index (χ4n) is 4.22. The Hall–Kier alpha value is -2.69. The van der Waals surface area contributed by atoms with Crippen molar-refractivity contribution in [3.63, 3.8) is 0 Å². The Labute approximate surface area is 189 Å². The van der Waals surface area contributed by atoms with Crippen LogP contribution in [0.4, 0.5) is 10.2 Å². The molecule has 1 saturated carbocycles. The van der Waals surface area contributed by atoms with Gasteiger partial charge in [-0.05, 0) is 37.8 Å². The molecule has 0 saturated heterocycles. The van der Waals surface area contributed by atoms with Crippen molar-refractivity contribution in [1.29, 1.82) is 0 Å². The zero-order chi connectivity index (χ0) is 21.9. The molecule has 32 heavy (non-hydrogen) atoms. The first-order valence-electron chi connectivity index (χ1n) is 10.8. The Morgan fingerprint density at radius 2 is 1.78 bits per heavy atom. The first-order valence-corrected chi connectivity index (χ1v) is 11.8. The number of nitrogens with zero attached hydrogens (tertiary/aromatic N) is 4. The van der Waals surface area contributed by atoms with Crippen molar-refractivity contribution in [2.24, 2.45) is 0 Å². The largest absolute Gasteiger partial charge is 0.310 e. The van der Waals surface area contributed by atoms with E-state index < -0.39 is 0 Å². The first-order chi connectivity index (χ1) is 15.7. The number of anilines is 1. The normalized spacial score (nSPS) is 20.7. The molecule has 3 N–H and O–H groups in total. The average Bonchev–Trinajstić information content (AvgIpc) is 2.82. The summed E-state index contributed by atoms with van der Waals surface area (Å²) in [5.74, 6) is 0.658. The van der Waals surface area contributed by atoms with Gasteiger partial charge in [0, 0.05) is 43.1 Å². The Bertz CT molecular complexity index is 1140. The summed E-state index contributed by atoms with van der Waals surface area (Å²) in [7, 11) is 0. The van der Waals surface area contributed by atoms with Crippen molar-refractivity contribution in [2.45, 2.75) is 55.9 Å². The molecule has 1 aliphatic carbocycles. The van der Waals surface area contributed by atoms with Crippen molar-refractivity contribution < 1.29 is 9.18 Å². The molecule has 166 valence electrons. The summed E-state index contributed by atoms with van der Waals surface area (Å²) in [6.45, 7) is 1.06. The lowest BCUT2D eigenvalue weighted by Gasteiger charge is -2.30. The van der Waals surface area contributed by atoms with E-state index in [1.807, 2.05) is 0 Å². The van der Waals surface area contributed by atoms with Crippen molar-refractivity contribution in [3.8, 4) is 0 Å². The fraction of sp³-hybridized carbons (Fsp3) is 0.409. The van der Waals surface area contributed by atoms with Gasteiger partial charge in [0.05, 0.1) is 28.7 Å². The summed E-state index contributed by atoms with van der Waals surface area (Å²) < 4.78 is 14.4. The van der Waals surface area contributed by atoms with Gasteiger partial charge < -0.3 is 16.0 Å². The number of rotatable bonds is 6. The third-order valence-electron chi connectivity index (χ3n) is 5.94. The molecule has 0 spiro atoms. The van der Waals surface area contributed by atoms with E-state index in [0.717, 1.165) is 36.4 Å². The molecular formula is C22H24FN7OS. The number of amides is 1. The van der Waals surface area contributed by atoms with Crippen LogP contribution in [0, 0.1) is 5.82 Å². The molecule has 3 aromatic rings. The van der Waals surface area contributed by atoms with Gasteiger partial charge in [-0.2, -0.15) is 0 Å². The molecule has 1 fully saturated rings. The van der Waals surface area contributed by atoms with Crippen LogP contribution in [-0.4, -0.2) is 43.7 Å². The maximum Gasteiger partial charge on any atom is 0.236 e. The van der Waals surface area contributed by atoms with Gasteiger partial charge in [0.2, 0.25) is 5.91 Å². The van der Waals surface area contributed by atoms with Crippen molar-refractivity contribution in [2.75, 3.05) is 11.1 Å². The van der Waals surface area contributed by atoms with Crippen molar-refractivity contribution >= 4 is 34.5 Å². The van der Waals surface area contributed by atoms with Gasteiger partial charge in [0.25, 0.3) is 0 Å². The van der Waals surface area contributed by atoms with Crippen LogP contribution in [0.15, 0.2) is 35.7 Å². The zero-order valence-corrected chi connectivity index (χ0v) is 18.3. The molecule has 0 atom stereocenters. The molecule has 0 radical (unpaired) electrons. The van der Waals surface area contributed by atoms with Gasteiger partial charge >= 0.3 is 0 Å². The van der Waals surface area contributed by atoms with Crippen LogP contribution in [-0.2, 0) is 17.9 Å². The lowest BCUT2D eigenvalue weighted by atomic mass is 9.91. The highest BCUT2D eigenvalue weighted by atomic mass is 32.2. The van der Waals surface area contributed by atoms with Crippen LogP contribution in [0.1, 0.15) is 36.9 Å². The molecule has 1 aliphatic heterocycles. The summed E-state index contributed by atoms with van der Waals surface area (Å²) in [6, 6.07) is 3.87. The number of hydrogen-bond donors (Lipinski definition) is 3. The summed E-state index contributed by atoms with van der Waals surface area (Å²) in [5, 5.41) is 10.6. The molecule has 0 bridgehead atoms. The van der Waals surface area contributed by atoms with Crippen molar-refractivity contribution in [1.82, 2.24) is 30.6 Å². The van der Waals surface area contributed by atoms with Crippen molar-refractivity contribution in [3.05, 3.63) is 47.8 Å². The summed E-state index contributed by atoms with van der Waals surface area (Å²) in [5.41, 5.74) is 2.73. The molecule has 2 aliphatic rings. The second-order valence-electron chi connectivity index (χ2n) is 8.11. The van der Waals surface area contributed by atoms with Gasteiger partial charge in [-0.1, -0.05) is 11.8 Å². The topological polar surface area (TPSA) is 105 Å². The minimum atomic E-state index is -0.249. The Morgan fingerprint density at radius 1 is 1.03 bits per heavy atom. The number of halogens is 1. The van der Waals surface area contributed by atoms with Crippen LogP contribution >= 0.6 is 11.8 Å². The van der Waals surface area contributed by atoms with E-state index in [1.54, 1.807) is 24.7 Å². The molecular weight excluding hydrogens is 429 g/mol. The van der Waals surface area contributed by atoms with Crippen LogP contribution < -0.4 is 16.0 Å². The molecule has 0 unspecified atom stereocenters. The smallest absolute Gasteiger partial charge is 0.236 e. The number of nitrogens with one attached hydrogen (secondary N) is 3. The van der Waals surface area contributed by atoms with E-state index in [-0.39, 0.29) is 11.7 Å². The maximum atomic E-state index is 14.4. The number of benzene rings is 1. The van der Waals surface area contributed by atoms with Gasteiger partial charge in [0.15, 0.2) is 5.82 Å². The quantitative estimate of drug-likeness (QED) is 0.523. The van der Waals surface area contributed by atoms with Crippen LogP contribution in [0.5, 0.6) is 0 Å². The molecule has 2 aromatic heterocycles. The third kappa shape index (κ3) is 4.72. The second-order valence-corrected chi connectivity index (χ2v) is 9.08. The van der Waals surface area contributed by atoms with Gasteiger partial charge in [0.1, 0.15) is 10.8 Å². The van der Waals surface area contributed by atoms with E-state index in [2.05, 4.69) is 35.9 Å². The number of carbonyl (C=O) groups is 1. The first kappa shape index (κ1) is 21.2. The predicted octanol–water partition coefficient (Wildman–Crippen LogP) is 2.79. The summed E-state index contributed by atoms with van der Waals surface area (Å²) in [6.07, 6.45) is 9.07. The van der Waals surface area contributed by atoms with Gasteiger partial charge in [-0.3, -0.25) is 14.8 Å². The number of carbonyl (C=O) groups excluding carboxylic acids is 1. The Morgan fingerprint density at radius 3 is 2.59 bits per heavy atom. The predicted molar refractivity (Wildman–Crippen MR) is 121 cm³/mol. The Kier molecular flexibility index (Phi) is 6.24. The van der Waals surface area contributed by atoms with E-state index in [0.29, 0.717) is 53.3 Å². The van der Waals surface area contributed by atoms with Crippen LogP contribution in [0.2, 0.25) is 0 Å². The maximum absolute atomic E-state index is 14.4. The number of hydrogen-bond acceptors (Lipinski definition) is 8. The average molecular weight is 454 g/mol. The molecule has 1 aromatic carbocycles. The van der Waals surface area contributed by atoms with E-state index in [4.69, 9.17) is 0 Å². The molecule has 8 nitrogen and oxygen atoms in total. The molecule has 5 rings (SSSR count). The minimum absolute atomic E-state index is 0.0387.